The van der Waals surface area contributed by atoms with Gasteiger partial charge in [-0.3, -0.25) is 0 Å². The van der Waals surface area contributed by atoms with E-state index in [1.807, 2.05) is 24.4 Å². The van der Waals surface area contributed by atoms with Gasteiger partial charge in [0.1, 0.15) is 0 Å². The van der Waals surface area contributed by atoms with E-state index in [-0.39, 0.29) is 6.04 Å². The number of benzene rings is 1. The molecule has 0 bridgehead atoms. The molecule has 112 valence electrons. The SMILES string of the molecule is C=CN(CCNCCC[Si](O)(O)O)Cc1ccccc1. The summed E-state index contributed by atoms with van der Waals surface area (Å²) in [5.74, 6) is 0. The predicted octanol–water partition coefficient (Wildman–Crippen LogP) is 0.528. The molecule has 0 spiro atoms. The van der Waals surface area contributed by atoms with Crippen LogP contribution >= 0.6 is 0 Å². The second-order valence-corrected chi connectivity index (χ2v) is 6.82. The van der Waals surface area contributed by atoms with E-state index in [9.17, 15) is 0 Å². The van der Waals surface area contributed by atoms with Gasteiger partial charge in [0.15, 0.2) is 0 Å². The highest BCUT2D eigenvalue weighted by Crippen LogP contribution is 2.04. The zero-order valence-corrected chi connectivity index (χ0v) is 12.7. The van der Waals surface area contributed by atoms with Crippen LogP contribution in [0.3, 0.4) is 0 Å². The van der Waals surface area contributed by atoms with Crippen LogP contribution in [0, 0.1) is 0 Å². The van der Waals surface area contributed by atoms with Crippen LogP contribution in [0.1, 0.15) is 12.0 Å². The number of rotatable bonds is 10. The van der Waals surface area contributed by atoms with E-state index >= 15 is 0 Å². The maximum absolute atomic E-state index is 8.87. The first-order chi connectivity index (χ1) is 9.51. The number of hydrogen-bond donors (Lipinski definition) is 4. The van der Waals surface area contributed by atoms with Gasteiger partial charge in [-0.2, -0.15) is 0 Å². The monoisotopic (exact) mass is 296 g/mol. The summed E-state index contributed by atoms with van der Waals surface area (Å²) in [5.41, 5.74) is 1.24. The van der Waals surface area contributed by atoms with Gasteiger partial charge in [0.05, 0.1) is 0 Å². The highest BCUT2D eigenvalue weighted by molar-refractivity contribution is 6.56. The van der Waals surface area contributed by atoms with Crippen molar-refractivity contribution in [1.29, 1.82) is 0 Å². The largest absolute Gasteiger partial charge is 0.492 e. The van der Waals surface area contributed by atoms with Crippen molar-refractivity contribution in [2.75, 3.05) is 19.6 Å². The molecule has 1 rings (SSSR count). The van der Waals surface area contributed by atoms with Gasteiger partial charge in [-0.15, -0.1) is 0 Å². The summed E-state index contributed by atoms with van der Waals surface area (Å²) in [7, 11) is -3.86. The minimum absolute atomic E-state index is 0.0786. The van der Waals surface area contributed by atoms with Gasteiger partial charge in [0, 0.05) is 25.7 Å². The smallest absolute Gasteiger partial charge is 0.390 e. The Bertz CT molecular complexity index is 382. The Hall–Kier alpha value is -1.18. The maximum Gasteiger partial charge on any atom is 0.492 e. The summed E-state index contributed by atoms with van der Waals surface area (Å²) < 4.78 is 0. The molecule has 5 nitrogen and oxygen atoms in total. The number of nitrogens with zero attached hydrogens (tertiary/aromatic N) is 1. The van der Waals surface area contributed by atoms with Crippen LogP contribution in [0.5, 0.6) is 0 Å². The van der Waals surface area contributed by atoms with Gasteiger partial charge in [-0.1, -0.05) is 36.9 Å². The lowest BCUT2D eigenvalue weighted by Gasteiger charge is -2.20. The van der Waals surface area contributed by atoms with E-state index in [0.29, 0.717) is 13.0 Å². The molecule has 0 aliphatic heterocycles. The van der Waals surface area contributed by atoms with Crippen LogP contribution in [-0.2, 0) is 6.54 Å². The van der Waals surface area contributed by atoms with Crippen LogP contribution in [-0.4, -0.2) is 47.7 Å². The zero-order chi connectivity index (χ0) is 14.8. The Labute approximate surface area is 121 Å². The Kier molecular flexibility index (Phi) is 7.49. The summed E-state index contributed by atoms with van der Waals surface area (Å²) in [6, 6.07) is 10.3. The first-order valence-electron chi connectivity index (χ1n) is 6.79. The van der Waals surface area contributed by atoms with Crippen molar-refractivity contribution in [3.63, 3.8) is 0 Å². The topological polar surface area (TPSA) is 76.0 Å². The summed E-state index contributed by atoms with van der Waals surface area (Å²) in [6.07, 6.45) is 2.38. The van der Waals surface area contributed by atoms with Gasteiger partial charge < -0.3 is 24.6 Å². The zero-order valence-electron chi connectivity index (χ0n) is 11.7. The Morgan fingerprint density at radius 2 is 1.85 bits per heavy atom. The number of nitrogens with one attached hydrogen (secondary N) is 1. The van der Waals surface area contributed by atoms with Crippen LogP contribution in [0.2, 0.25) is 6.04 Å². The van der Waals surface area contributed by atoms with Crippen molar-refractivity contribution >= 4 is 8.80 Å². The predicted molar refractivity (Wildman–Crippen MR) is 81.8 cm³/mol. The van der Waals surface area contributed by atoms with E-state index < -0.39 is 8.80 Å². The molecule has 0 amide bonds. The Morgan fingerprint density at radius 3 is 2.45 bits per heavy atom. The second kappa shape index (κ2) is 8.88. The molecule has 1 aromatic rings. The van der Waals surface area contributed by atoms with E-state index in [1.165, 1.54) is 5.56 Å². The molecule has 0 aliphatic carbocycles. The van der Waals surface area contributed by atoms with Gasteiger partial charge >= 0.3 is 8.80 Å². The van der Waals surface area contributed by atoms with Gasteiger partial charge in [-0.25, -0.2) is 0 Å². The quantitative estimate of drug-likeness (QED) is 0.374. The average molecular weight is 296 g/mol. The van der Waals surface area contributed by atoms with Crippen molar-refractivity contribution in [1.82, 2.24) is 10.2 Å². The summed E-state index contributed by atoms with van der Waals surface area (Å²) >= 11 is 0. The second-order valence-electron chi connectivity index (χ2n) is 4.77. The molecule has 20 heavy (non-hydrogen) atoms. The average Bonchev–Trinajstić information content (AvgIpc) is 2.41. The van der Waals surface area contributed by atoms with E-state index in [4.69, 9.17) is 14.4 Å². The van der Waals surface area contributed by atoms with Crippen molar-refractivity contribution in [3.05, 3.63) is 48.7 Å². The standard InChI is InChI=1S/C14H24N2O3Si/c1-2-16(13-14-7-4-3-5-8-14)11-10-15-9-6-12-20(17,18)19/h2-5,7-8,15,17-19H,1,6,9-13H2. The third-order valence-electron chi connectivity index (χ3n) is 2.93. The van der Waals surface area contributed by atoms with Gasteiger partial charge in [0.2, 0.25) is 0 Å². The molecule has 0 radical (unpaired) electrons. The molecule has 0 fully saturated rings. The third-order valence-corrected chi connectivity index (χ3v) is 3.95. The van der Waals surface area contributed by atoms with Crippen molar-refractivity contribution < 1.29 is 14.4 Å². The number of hydrogen-bond acceptors (Lipinski definition) is 5. The Morgan fingerprint density at radius 1 is 1.15 bits per heavy atom. The van der Waals surface area contributed by atoms with Crippen molar-refractivity contribution in [2.45, 2.75) is 19.0 Å². The highest BCUT2D eigenvalue weighted by atomic mass is 28.4. The molecule has 6 heteroatoms. The van der Waals surface area contributed by atoms with E-state index in [1.54, 1.807) is 0 Å². The third kappa shape index (κ3) is 8.08. The maximum atomic E-state index is 8.87. The minimum atomic E-state index is -3.86. The molecule has 1 aromatic carbocycles. The van der Waals surface area contributed by atoms with Crippen LogP contribution in [0.25, 0.3) is 0 Å². The minimum Gasteiger partial charge on any atom is -0.390 e. The fraction of sp³-hybridized carbons (Fsp3) is 0.429. The molecular weight excluding hydrogens is 272 g/mol. The fourth-order valence-corrected chi connectivity index (χ4v) is 2.50. The summed E-state index contributed by atoms with van der Waals surface area (Å²) in [5, 5.41) is 3.21. The molecule has 0 aliphatic rings. The van der Waals surface area contributed by atoms with Crippen LogP contribution < -0.4 is 5.32 Å². The normalized spacial score (nSPS) is 11.3. The van der Waals surface area contributed by atoms with Crippen molar-refractivity contribution in [3.8, 4) is 0 Å². The van der Waals surface area contributed by atoms with Gasteiger partial charge in [0.25, 0.3) is 0 Å². The van der Waals surface area contributed by atoms with Gasteiger partial charge in [-0.05, 0) is 24.7 Å². The lowest BCUT2D eigenvalue weighted by atomic mass is 10.2. The fourth-order valence-electron chi connectivity index (χ4n) is 1.85. The van der Waals surface area contributed by atoms with Crippen LogP contribution in [0.15, 0.2) is 43.1 Å². The first-order valence-corrected chi connectivity index (χ1v) is 8.84. The molecule has 0 aromatic heterocycles. The highest BCUT2D eigenvalue weighted by Gasteiger charge is 2.25. The molecular formula is C14H24N2O3Si. The Balaban J connectivity index is 2.14. The lowest BCUT2D eigenvalue weighted by Crippen LogP contribution is -2.35. The van der Waals surface area contributed by atoms with Crippen molar-refractivity contribution in [2.24, 2.45) is 0 Å². The summed E-state index contributed by atoms with van der Waals surface area (Å²) in [6.45, 7) is 6.91. The molecule has 0 saturated carbocycles. The molecule has 0 heterocycles. The van der Waals surface area contributed by atoms with E-state index in [0.717, 1.165) is 19.6 Å². The molecule has 0 saturated heterocycles. The van der Waals surface area contributed by atoms with E-state index in [2.05, 4.69) is 28.9 Å². The molecule has 4 N–H and O–H groups in total. The van der Waals surface area contributed by atoms with Crippen LogP contribution in [0.4, 0.5) is 0 Å². The summed E-state index contributed by atoms with van der Waals surface area (Å²) in [4.78, 5) is 28.7. The lowest BCUT2D eigenvalue weighted by molar-refractivity contribution is 0.226. The molecule has 0 atom stereocenters. The molecule has 0 unspecified atom stereocenters. The first kappa shape index (κ1) is 16.9.